The number of carbonyl (C=O) groups is 3. The number of piperazine rings is 1. The fourth-order valence-corrected chi connectivity index (χ4v) is 7.25. The molecule has 0 unspecified atom stereocenters. The third-order valence-corrected chi connectivity index (χ3v) is 9.84. The second-order valence-electron chi connectivity index (χ2n) is 12.4. The van der Waals surface area contributed by atoms with Crippen LogP contribution < -0.4 is 10.6 Å². The summed E-state index contributed by atoms with van der Waals surface area (Å²) in [4.78, 5) is 47.9. The van der Waals surface area contributed by atoms with Crippen molar-refractivity contribution in [2.75, 3.05) is 40.3 Å². The molecule has 0 spiro atoms. The standard InChI is InChI=1S/C31H51N5O3S/c1-34(2)17-9-8-16-27(33-25-13-4-3-5-14-25)31(39)36-19-18-35(29(37)21-24-11-6-7-12-24)23-28(36)30(38)32-22-26-15-10-20-40-26/h10,15,20,24-25,27-28,33H,3-9,11-14,16-19,21-23H2,1-2H3,(H,32,38)/t27-,28+/m1/s1. The molecule has 8 nitrogen and oxygen atoms in total. The molecule has 2 atom stereocenters. The van der Waals surface area contributed by atoms with Crippen molar-refractivity contribution in [3.05, 3.63) is 22.4 Å². The van der Waals surface area contributed by atoms with Crippen molar-refractivity contribution in [1.29, 1.82) is 0 Å². The Bertz CT molecular complexity index is 927. The van der Waals surface area contributed by atoms with Gasteiger partial charge in [0.15, 0.2) is 0 Å². The quantitative estimate of drug-likeness (QED) is 0.349. The van der Waals surface area contributed by atoms with E-state index in [4.69, 9.17) is 0 Å². The van der Waals surface area contributed by atoms with Gasteiger partial charge < -0.3 is 25.3 Å². The van der Waals surface area contributed by atoms with Crippen molar-refractivity contribution in [3.63, 3.8) is 0 Å². The highest BCUT2D eigenvalue weighted by Crippen LogP contribution is 2.29. The first-order valence-electron chi connectivity index (χ1n) is 15.7. The summed E-state index contributed by atoms with van der Waals surface area (Å²) in [6, 6.07) is 3.38. The Hall–Kier alpha value is -1.97. The first-order chi connectivity index (χ1) is 19.4. The number of rotatable bonds is 13. The van der Waals surface area contributed by atoms with Crippen LogP contribution in [-0.2, 0) is 20.9 Å². The second kappa shape index (κ2) is 15.9. The Morgan fingerprint density at radius 2 is 1.77 bits per heavy atom. The van der Waals surface area contributed by atoms with E-state index in [1.54, 1.807) is 16.2 Å². The van der Waals surface area contributed by atoms with E-state index in [1.165, 1.54) is 32.1 Å². The lowest BCUT2D eigenvalue weighted by Gasteiger charge is -2.42. The van der Waals surface area contributed by atoms with Crippen LogP contribution in [0.4, 0.5) is 0 Å². The molecule has 1 aliphatic heterocycles. The highest BCUT2D eigenvalue weighted by Gasteiger charge is 2.40. The minimum absolute atomic E-state index is 0.0228. The lowest BCUT2D eigenvalue weighted by molar-refractivity contribution is -0.150. The van der Waals surface area contributed by atoms with Crippen LogP contribution in [0, 0.1) is 5.92 Å². The number of carbonyl (C=O) groups excluding carboxylic acids is 3. The number of nitrogens with zero attached hydrogens (tertiary/aromatic N) is 3. The molecule has 4 rings (SSSR count). The van der Waals surface area contributed by atoms with Gasteiger partial charge in [0, 0.05) is 30.4 Å². The molecule has 3 fully saturated rings. The van der Waals surface area contributed by atoms with Crippen LogP contribution in [0.2, 0.25) is 0 Å². The molecule has 224 valence electrons. The zero-order valence-corrected chi connectivity index (χ0v) is 25.6. The number of thiophene rings is 1. The second-order valence-corrected chi connectivity index (χ2v) is 13.4. The van der Waals surface area contributed by atoms with Crippen molar-refractivity contribution >= 4 is 29.1 Å². The van der Waals surface area contributed by atoms with Crippen LogP contribution in [0.1, 0.15) is 88.3 Å². The highest BCUT2D eigenvalue weighted by molar-refractivity contribution is 7.09. The molecular formula is C31H51N5O3S. The van der Waals surface area contributed by atoms with E-state index in [9.17, 15) is 14.4 Å². The van der Waals surface area contributed by atoms with Crippen molar-refractivity contribution < 1.29 is 14.4 Å². The van der Waals surface area contributed by atoms with E-state index in [1.807, 2.05) is 22.4 Å². The van der Waals surface area contributed by atoms with Crippen molar-refractivity contribution in [2.45, 2.75) is 108 Å². The van der Waals surface area contributed by atoms with Crippen LogP contribution in [0.3, 0.4) is 0 Å². The van der Waals surface area contributed by atoms with E-state index >= 15 is 0 Å². The van der Waals surface area contributed by atoms with E-state index in [-0.39, 0.29) is 30.3 Å². The summed E-state index contributed by atoms with van der Waals surface area (Å²) < 4.78 is 0. The molecule has 1 aromatic heterocycles. The zero-order valence-electron chi connectivity index (χ0n) is 24.7. The van der Waals surface area contributed by atoms with E-state index in [2.05, 4.69) is 29.6 Å². The highest BCUT2D eigenvalue weighted by atomic mass is 32.1. The number of hydrogen-bond donors (Lipinski definition) is 2. The van der Waals surface area contributed by atoms with Gasteiger partial charge in [0.1, 0.15) is 6.04 Å². The summed E-state index contributed by atoms with van der Waals surface area (Å²) >= 11 is 1.61. The van der Waals surface area contributed by atoms with Crippen molar-refractivity contribution in [2.24, 2.45) is 5.92 Å². The minimum atomic E-state index is -0.661. The number of hydrogen-bond acceptors (Lipinski definition) is 6. The maximum Gasteiger partial charge on any atom is 0.244 e. The summed E-state index contributed by atoms with van der Waals surface area (Å²) in [5.41, 5.74) is 0. The molecular weight excluding hydrogens is 522 g/mol. The molecule has 0 aromatic carbocycles. The first kappa shape index (κ1) is 31.0. The Kier molecular flexibility index (Phi) is 12.3. The third kappa shape index (κ3) is 9.28. The molecule has 1 aromatic rings. The molecule has 0 radical (unpaired) electrons. The van der Waals surface area contributed by atoms with Crippen molar-refractivity contribution in [1.82, 2.24) is 25.3 Å². The smallest absolute Gasteiger partial charge is 0.244 e. The van der Waals surface area contributed by atoms with Crippen LogP contribution in [0.25, 0.3) is 0 Å². The SMILES string of the molecule is CN(C)CCCC[C@@H](NC1CCCCC1)C(=O)N1CCN(C(=O)CC2CCCC2)C[C@H]1C(=O)NCc1cccs1. The van der Waals surface area contributed by atoms with Crippen LogP contribution in [0.5, 0.6) is 0 Å². The predicted octanol–water partition coefficient (Wildman–Crippen LogP) is 4.01. The maximum atomic E-state index is 14.2. The van der Waals surface area contributed by atoms with Gasteiger partial charge in [0.05, 0.1) is 19.1 Å². The molecule has 2 heterocycles. The maximum absolute atomic E-state index is 14.2. The van der Waals surface area contributed by atoms with Gasteiger partial charge in [0.25, 0.3) is 0 Å². The van der Waals surface area contributed by atoms with Crippen molar-refractivity contribution in [3.8, 4) is 0 Å². The molecule has 40 heavy (non-hydrogen) atoms. The third-order valence-electron chi connectivity index (χ3n) is 8.96. The van der Waals surface area contributed by atoms with Gasteiger partial charge in [-0.15, -0.1) is 11.3 Å². The molecule has 2 saturated carbocycles. The first-order valence-corrected chi connectivity index (χ1v) is 16.6. The fraction of sp³-hybridized carbons (Fsp3) is 0.774. The normalized spacial score (nSPS) is 21.6. The molecule has 2 N–H and O–H groups in total. The Morgan fingerprint density at radius 3 is 2.48 bits per heavy atom. The lowest BCUT2D eigenvalue weighted by Crippen LogP contribution is -2.64. The summed E-state index contributed by atoms with van der Waals surface area (Å²) in [7, 11) is 4.16. The summed E-state index contributed by atoms with van der Waals surface area (Å²) in [5.74, 6) is 0.457. The van der Waals surface area contributed by atoms with Gasteiger partial charge >= 0.3 is 0 Å². The zero-order chi connectivity index (χ0) is 28.3. The number of nitrogens with one attached hydrogen (secondary N) is 2. The van der Waals surface area contributed by atoms with Gasteiger partial charge in [-0.3, -0.25) is 14.4 Å². The Balaban J connectivity index is 1.45. The summed E-state index contributed by atoms with van der Waals surface area (Å²) in [6.07, 6.45) is 13.9. The topological polar surface area (TPSA) is 85.0 Å². The van der Waals surface area contributed by atoms with Gasteiger partial charge in [-0.25, -0.2) is 0 Å². The summed E-state index contributed by atoms with van der Waals surface area (Å²) in [6.45, 7) is 2.64. The minimum Gasteiger partial charge on any atom is -0.349 e. The Labute approximate surface area is 245 Å². The Morgan fingerprint density at radius 1 is 1.02 bits per heavy atom. The molecule has 3 aliphatic rings. The van der Waals surface area contributed by atoms with Crippen LogP contribution in [-0.4, -0.2) is 90.8 Å². The van der Waals surface area contributed by atoms with E-state index in [0.717, 1.165) is 56.4 Å². The van der Waals surface area contributed by atoms with E-state index in [0.29, 0.717) is 38.0 Å². The summed E-state index contributed by atoms with van der Waals surface area (Å²) in [5, 5.41) is 8.79. The van der Waals surface area contributed by atoms with Gasteiger partial charge in [0.2, 0.25) is 17.7 Å². The monoisotopic (exact) mass is 573 g/mol. The predicted molar refractivity (Wildman–Crippen MR) is 161 cm³/mol. The molecule has 3 amide bonds. The molecule has 9 heteroatoms. The molecule has 0 bridgehead atoms. The average Bonchev–Trinajstić information content (AvgIpc) is 3.68. The number of amides is 3. The van der Waals surface area contributed by atoms with Crippen LogP contribution in [0.15, 0.2) is 17.5 Å². The molecule has 2 aliphatic carbocycles. The molecule has 1 saturated heterocycles. The van der Waals surface area contributed by atoms with Crippen LogP contribution >= 0.6 is 11.3 Å². The number of unbranched alkanes of at least 4 members (excludes halogenated alkanes) is 1. The van der Waals surface area contributed by atoms with Gasteiger partial charge in [-0.1, -0.05) is 44.6 Å². The lowest BCUT2D eigenvalue weighted by atomic mass is 9.94. The average molecular weight is 574 g/mol. The van der Waals surface area contributed by atoms with E-state index < -0.39 is 6.04 Å². The van der Waals surface area contributed by atoms with Gasteiger partial charge in [-0.05, 0) is 76.5 Å². The van der Waals surface area contributed by atoms with Gasteiger partial charge in [-0.2, -0.15) is 0 Å². The fourth-order valence-electron chi connectivity index (χ4n) is 6.60. The largest absolute Gasteiger partial charge is 0.349 e.